The summed E-state index contributed by atoms with van der Waals surface area (Å²) in [6, 6.07) is 12.0. The van der Waals surface area contributed by atoms with Gasteiger partial charge in [0.15, 0.2) is 0 Å². The molecule has 0 aromatic heterocycles. The summed E-state index contributed by atoms with van der Waals surface area (Å²) in [6.07, 6.45) is 6.03. The lowest BCUT2D eigenvalue weighted by atomic mass is 9.95. The third kappa shape index (κ3) is 6.63. The van der Waals surface area contributed by atoms with Gasteiger partial charge in [-0.1, -0.05) is 85.3 Å². The third-order valence-electron chi connectivity index (χ3n) is 5.99. The highest BCUT2D eigenvalue weighted by Gasteiger charge is 2.31. The Balaban J connectivity index is 1.85. The van der Waals surface area contributed by atoms with E-state index >= 15 is 0 Å². The molecule has 1 N–H and O–H groups in total. The van der Waals surface area contributed by atoms with E-state index in [1.165, 1.54) is 6.42 Å². The van der Waals surface area contributed by atoms with Crippen molar-refractivity contribution in [2.75, 3.05) is 0 Å². The summed E-state index contributed by atoms with van der Waals surface area (Å²) < 4.78 is 0. The SMILES string of the molecule is CC[C@H](C(=O)NC1CCCCC1)N(Cc1ccc(Cl)cc1Cl)C(=O)Cc1ccccc1Cl. The standard InChI is InChI=1S/C25H29Cl3N2O2/c1-2-23(25(32)29-20-9-4-3-5-10-20)30(16-18-12-13-19(26)15-22(18)28)24(31)14-17-8-6-7-11-21(17)27/h6-8,11-13,15,20,23H,2-5,9-10,14,16H2,1H3,(H,29,32)/t23-/m1/s1. The molecule has 4 nitrogen and oxygen atoms in total. The van der Waals surface area contributed by atoms with Crippen molar-refractivity contribution in [2.45, 2.75) is 70.5 Å². The molecule has 0 unspecified atom stereocenters. The van der Waals surface area contributed by atoms with E-state index in [0.717, 1.165) is 36.8 Å². The number of rotatable bonds is 8. The number of hydrogen-bond donors (Lipinski definition) is 1. The van der Waals surface area contributed by atoms with E-state index in [1.54, 1.807) is 29.2 Å². The molecule has 0 spiro atoms. The Hall–Kier alpha value is -1.75. The minimum atomic E-state index is -0.598. The fourth-order valence-corrected chi connectivity index (χ4v) is 4.87. The number of benzene rings is 2. The van der Waals surface area contributed by atoms with Gasteiger partial charge in [0.1, 0.15) is 6.04 Å². The lowest BCUT2D eigenvalue weighted by Crippen LogP contribution is -2.52. The predicted molar refractivity (Wildman–Crippen MR) is 131 cm³/mol. The first-order valence-corrected chi connectivity index (χ1v) is 12.3. The van der Waals surface area contributed by atoms with Crippen LogP contribution in [0.1, 0.15) is 56.6 Å². The van der Waals surface area contributed by atoms with Crippen molar-refractivity contribution in [3.8, 4) is 0 Å². The van der Waals surface area contributed by atoms with Crippen molar-refractivity contribution in [1.82, 2.24) is 10.2 Å². The van der Waals surface area contributed by atoms with Gasteiger partial charge in [0.05, 0.1) is 6.42 Å². The van der Waals surface area contributed by atoms with Crippen molar-refractivity contribution < 1.29 is 9.59 Å². The van der Waals surface area contributed by atoms with E-state index in [1.807, 2.05) is 25.1 Å². The number of hydrogen-bond acceptors (Lipinski definition) is 2. The van der Waals surface area contributed by atoms with Gasteiger partial charge < -0.3 is 10.2 Å². The van der Waals surface area contributed by atoms with Gasteiger partial charge in [-0.2, -0.15) is 0 Å². The molecule has 1 atom stereocenters. The Bertz CT molecular complexity index is 945. The van der Waals surface area contributed by atoms with E-state index in [0.29, 0.717) is 21.5 Å². The van der Waals surface area contributed by atoms with E-state index < -0.39 is 6.04 Å². The van der Waals surface area contributed by atoms with E-state index in [2.05, 4.69) is 5.32 Å². The summed E-state index contributed by atoms with van der Waals surface area (Å²) >= 11 is 18.7. The first-order chi connectivity index (χ1) is 15.4. The quantitative estimate of drug-likeness (QED) is 0.458. The minimum Gasteiger partial charge on any atom is -0.352 e. The number of amides is 2. The van der Waals surface area contributed by atoms with Gasteiger partial charge in [0.25, 0.3) is 0 Å². The second-order valence-electron chi connectivity index (χ2n) is 8.29. The smallest absolute Gasteiger partial charge is 0.243 e. The van der Waals surface area contributed by atoms with Crippen LogP contribution in [0.2, 0.25) is 15.1 Å². The molecule has 1 aliphatic rings. The molecule has 1 aliphatic carbocycles. The van der Waals surface area contributed by atoms with Crippen LogP contribution in [0.25, 0.3) is 0 Å². The molecule has 1 fully saturated rings. The summed E-state index contributed by atoms with van der Waals surface area (Å²) in [5.74, 6) is -0.285. The van der Waals surface area contributed by atoms with Gasteiger partial charge in [-0.15, -0.1) is 0 Å². The Labute approximate surface area is 205 Å². The fourth-order valence-electron chi connectivity index (χ4n) is 4.20. The molecule has 2 aromatic rings. The van der Waals surface area contributed by atoms with Crippen molar-refractivity contribution in [3.05, 3.63) is 68.7 Å². The van der Waals surface area contributed by atoms with Crippen LogP contribution in [-0.2, 0) is 22.6 Å². The summed E-state index contributed by atoms with van der Waals surface area (Å²) in [5.41, 5.74) is 1.47. The maximum absolute atomic E-state index is 13.5. The second kappa shape index (κ2) is 11.9. The van der Waals surface area contributed by atoms with Gasteiger partial charge in [0, 0.05) is 27.7 Å². The maximum Gasteiger partial charge on any atom is 0.243 e. The first kappa shape index (κ1) is 24.9. The van der Waals surface area contributed by atoms with Crippen LogP contribution in [0.4, 0.5) is 0 Å². The molecular weight excluding hydrogens is 467 g/mol. The molecule has 3 rings (SSSR count). The minimum absolute atomic E-state index is 0.109. The number of carbonyl (C=O) groups excluding carboxylic acids is 2. The Morgan fingerprint density at radius 3 is 2.38 bits per heavy atom. The van der Waals surface area contributed by atoms with Crippen LogP contribution >= 0.6 is 34.8 Å². The van der Waals surface area contributed by atoms with Gasteiger partial charge in [-0.3, -0.25) is 9.59 Å². The summed E-state index contributed by atoms with van der Waals surface area (Å²) in [5, 5.41) is 4.70. The maximum atomic E-state index is 13.5. The molecule has 2 aromatic carbocycles. The van der Waals surface area contributed by atoms with E-state index in [4.69, 9.17) is 34.8 Å². The second-order valence-corrected chi connectivity index (χ2v) is 9.54. The molecule has 0 heterocycles. The molecule has 2 amide bonds. The fraction of sp³-hybridized carbons (Fsp3) is 0.440. The highest BCUT2D eigenvalue weighted by molar-refractivity contribution is 6.35. The summed E-state index contributed by atoms with van der Waals surface area (Å²) in [7, 11) is 0. The molecule has 1 saturated carbocycles. The van der Waals surface area contributed by atoms with Crippen LogP contribution in [-0.4, -0.2) is 28.8 Å². The molecule has 172 valence electrons. The Morgan fingerprint density at radius 2 is 1.72 bits per heavy atom. The number of nitrogens with one attached hydrogen (secondary N) is 1. The van der Waals surface area contributed by atoms with Gasteiger partial charge >= 0.3 is 0 Å². The average molecular weight is 496 g/mol. The molecule has 0 bridgehead atoms. The summed E-state index contributed by atoms with van der Waals surface area (Å²) in [4.78, 5) is 28.3. The molecule has 0 radical (unpaired) electrons. The number of carbonyl (C=O) groups is 2. The van der Waals surface area contributed by atoms with Crippen LogP contribution < -0.4 is 5.32 Å². The first-order valence-electron chi connectivity index (χ1n) is 11.2. The lowest BCUT2D eigenvalue weighted by Gasteiger charge is -2.33. The number of halogens is 3. The van der Waals surface area contributed by atoms with Crippen molar-refractivity contribution in [3.63, 3.8) is 0 Å². The topological polar surface area (TPSA) is 49.4 Å². The van der Waals surface area contributed by atoms with E-state index in [-0.39, 0.29) is 30.8 Å². The number of nitrogens with zero attached hydrogens (tertiary/aromatic N) is 1. The predicted octanol–water partition coefficient (Wildman–Crippen LogP) is 6.45. The zero-order valence-corrected chi connectivity index (χ0v) is 20.5. The van der Waals surface area contributed by atoms with Crippen LogP contribution in [0.5, 0.6) is 0 Å². The van der Waals surface area contributed by atoms with Crippen LogP contribution in [0.3, 0.4) is 0 Å². The average Bonchev–Trinajstić information content (AvgIpc) is 2.77. The van der Waals surface area contributed by atoms with Gasteiger partial charge in [0.2, 0.25) is 11.8 Å². The van der Waals surface area contributed by atoms with Gasteiger partial charge in [-0.25, -0.2) is 0 Å². The van der Waals surface area contributed by atoms with Gasteiger partial charge in [-0.05, 0) is 48.6 Å². The Morgan fingerprint density at radius 1 is 1.00 bits per heavy atom. The molecular formula is C25H29Cl3N2O2. The highest BCUT2D eigenvalue weighted by atomic mass is 35.5. The van der Waals surface area contributed by atoms with Crippen molar-refractivity contribution >= 4 is 46.6 Å². The van der Waals surface area contributed by atoms with E-state index in [9.17, 15) is 9.59 Å². The largest absolute Gasteiger partial charge is 0.352 e. The molecule has 0 aliphatic heterocycles. The highest BCUT2D eigenvalue weighted by Crippen LogP contribution is 2.25. The molecule has 32 heavy (non-hydrogen) atoms. The summed E-state index contributed by atoms with van der Waals surface area (Å²) in [6.45, 7) is 2.14. The third-order valence-corrected chi connectivity index (χ3v) is 6.95. The zero-order valence-electron chi connectivity index (χ0n) is 18.3. The molecule has 7 heteroatoms. The van der Waals surface area contributed by atoms with Crippen molar-refractivity contribution in [1.29, 1.82) is 0 Å². The Kier molecular flexibility index (Phi) is 9.27. The van der Waals surface area contributed by atoms with Crippen LogP contribution in [0.15, 0.2) is 42.5 Å². The van der Waals surface area contributed by atoms with Crippen molar-refractivity contribution in [2.24, 2.45) is 0 Å². The van der Waals surface area contributed by atoms with Crippen LogP contribution in [0, 0.1) is 0 Å². The molecule has 0 saturated heterocycles. The monoisotopic (exact) mass is 494 g/mol. The zero-order chi connectivity index (χ0) is 23.1. The lowest BCUT2D eigenvalue weighted by molar-refractivity contribution is -0.141. The normalized spacial score (nSPS) is 15.2.